The molecule has 1 aromatic carbocycles. The lowest BCUT2D eigenvalue weighted by Gasteiger charge is -2.17. The second kappa shape index (κ2) is 5.67. The van der Waals surface area contributed by atoms with Crippen LogP contribution in [0, 0.1) is 27.7 Å². The number of likely N-dealkylation sites (tertiary alicyclic amines) is 1. The van der Waals surface area contributed by atoms with Crippen LogP contribution < -0.4 is 5.73 Å². The minimum Gasteiger partial charge on any atom is -0.369 e. The molecular formula is C15H23N3O2S. The summed E-state index contributed by atoms with van der Waals surface area (Å²) in [5.74, 6) is 0.101. The minimum atomic E-state index is -3.78. The molecule has 2 rings (SSSR count). The Kier molecular flexibility index (Phi) is 4.27. The number of nitrogens with zero attached hydrogens (tertiary/aromatic N) is 2. The predicted octanol–water partition coefficient (Wildman–Crippen LogP) is 2.02. The highest BCUT2D eigenvalue weighted by molar-refractivity contribution is 7.90. The average molecular weight is 309 g/mol. The number of rotatable bonds is 2. The summed E-state index contributed by atoms with van der Waals surface area (Å²) in [5.41, 5.74) is 9.40. The smallest absolute Gasteiger partial charge is 0.286 e. The minimum absolute atomic E-state index is 0.101. The van der Waals surface area contributed by atoms with E-state index in [1.165, 1.54) is 0 Å². The Morgan fingerprint density at radius 1 is 1.10 bits per heavy atom. The number of guanidine groups is 1. The first-order valence-corrected chi connectivity index (χ1v) is 8.61. The number of hydrogen-bond acceptors (Lipinski definition) is 2. The lowest BCUT2D eigenvalue weighted by molar-refractivity contribution is 0.513. The van der Waals surface area contributed by atoms with E-state index in [0.29, 0.717) is 5.56 Å². The third kappa shape index (κ3) is 3.05. The average Bonchev–Trinajstić information content (AvgIpc) is 2.89. The maximum Gasteiger partial charge on any atom is 0.286 e. The Hall–Kier alpha value is -1.56. The number of benzene rings is 1. The Morgan fingerprint density at radius 2 is 1.67 bits per heavy atom. The molecule has 1 heterocycles. The van der Waals surface area contributed by atoms with Crippen LogP contribution in [0.15, 0.2) is 15.4 Å². The van der Waals surface area contributed by atoms with E-state index in [0.717, 1.165) is 42.6 Å². The van der Waals surface area contributed by atoms with Crippen LogP contribution in [-0.4, -0.2) is 32.4 Å². The molecule has 2 N–H and O–H groups in total. The van der Waals surface area contributed by atoms with Crippen molar-refractivity contribution in [2.45, 2.75) is 45.4 Å². The molecule has 6 heteroatoms. The molecule has 0 amide bonds. The Balaban J connectivity index is 2.50. The zero-order chi connectivity index (χ0) is 15.8. The van der Waals surface area contributed by atoms with Crippen molar-refractivity contribution in [3.63, 3.8) is 0 Å². The van der Waals surface area contributed by atoms with Crippen molar-refractivity contribution in [3.05, 3.63) is 28.3 Å². The second-order valence-corrected chi connectivity index (χ2v) is 7.25. The zero-order valence-electron chi connectivity index (χ0n) is 13.1. The maximum atomic E-state index is 12.6. The summed E-state index contributed by atoms with van der Waals surface area (Å²) in [7, 11) is -3.78. The Morgan fingerprint density at radius 3 is 2.24 bits per heavy atom. The quantitative estimate of drug-likeness (QED) is 0.670. The second-order valence-electron chi connectivity index (χ2n) is 5.71. The molecule has 1 aliphatic rings. The van der Waals surface area contributed by atoms with Gasteiger partial charge in [-0.05, 0) is 62.8 Å². The molecule has 0 saturated carbocycles. The molecule has 1 aromatic rings. The molecule has 0 atom stereocenters. The van der Waals surface area contributed by atoms with Gasteiger partial charge in [-0.1, -0.05) is 6.07 Å². The van der Waals surface area contributed by atoms with E-state index >= 15 is 0 Å². The van der Waals surface area contributed by atoms with E-state index in [2.05, 4.69) is 4.40 Å². The van der Waals surface area contributed by atoms with Crippen LogP contribution in [0.1, 0.15) is 35.1 Å². The molecule has 0 radical (unpaired) electrons. The van der Waals surface area contributed by atoms with Crippen molar-refractivity contribution in [1.29, 1.82) is 0 Å². The SMILES string of the molecule is Cc1cc(C)c(S(=O)(=O)N=C(N)N2CCCC2)c(C)c1C. The van der Waals surface area contributed by atoms with E-state index in [4.69, 9.17) is 5.73 Å². The molecular weight excluding hydrogens is 286 g/mol. The van der Waals surface area contributed by atoms with Gasteiger partial charge in [-0.25, -0.2) is 0 Å². The first-order valence-electron chi connectivity index (χ1n) is 7.17. The first kappa shape index (κ1) is 15.8. The van der Waals surface area contributed by atoms with E-state index in [-0.39, 0.29) is 10.9 Å². The summed E-state index contributed by atoms with van der Waals surface area (Å²) >= 11 is 0. The molecule has 0 spiro atoms. The number of nitrogens with two attached hydrogens (primary N) is 1. The highest BCUT2D eigenvalue weighted by Gasteiger charge is 2.23. The van der Waals surface area contributed by atoms with Crippen molar-refractivity contribution >= 4 is 16.0 Å². The molecule has 116 valence electrons. The van der Waals surface area contributed by atoms with Gasteiger partial charge < -0.3 is 10.6 Å². The van der Waals surface area contributed by atoms with Crippen LogP contribution in [-0.2, 0) is 10.0 Å². The van der Waals surface area contributed by atoms with Gasteiger partial charge >= 0.3 is 0 Å². The molecule has 0 aliphatic carbocycles. The fourth-order valence-electron chi connectivity index (χ4n) is 2.83. The third-order valence-electron chi connectivity index (χ3n) is 4.19. The van der Waals surface area contributed by atoms with E-state index < -0.39 is 10.0 Å². The monoisotopic (exact) mass is 309 g/mol. The van der Waals surface area contributed by atoms with Gasteiger partial charge in [0.1, 0.15) is 0 Å². The van der Waals surface area contributed by atoms with Gasteiger partial charge in [0.05, 0.1) is 4.90 Å². The standard InChI is InChI=1S/C15H23N3O2S/c1-10-9-11(2)14(13(4)12(10)3)21(19,20)17-15(16)18-7-5-6-8-18/h9H,5-8H2,1-4H3,(H2,16,17). The normalized spacial score (nSPS) is 16.6. The van der Waals surface area contributed by atoms with Crippen LogP contribution in [0.2, 0.25) is 0 Å². The molecule has 0 unspecified atom stereocenters. The fourth-order valence-corrected chi connectivity index (χ4v) is 4.29. The summed E-state index contributed by atoms with van der Waals surface area (Å²) in [4.78, 5) is 2.11. The van der Waals surface area contributed by atoms with Gasteiger partial charge in [0.2, 0.25) is 5.96 Å². The van der Waals surface area contributed by atoms with E-state index in [1.54, 1.807) is 6.92 Å². The van der Waals surface area contributed by atoms with Crippen LogP contribution in [0.5, 0.6) is 0 Å². The number of sulfonamides is 1. The highest BCUT2D eigenvalue weighted by atomic mass is 32.2. The van der Waals surface area contributed by atoms with Gasteiger partial charge in [-0.15, -0.1) is 4.40 Å². The molecule has 1 aliphatic heterocycles. The number of aryl methyl sites for hydroxylation is 2. The van der Waals surface area contributed by atoms with Crippen molar-refractivity contribution in [2.75, 3.05) is 13.1 Å². The van der Waals surface area contributed by atoms with Crippen LogP contribution in [0.3, 0.4) is 0 Å². The van der Waals surface area contributed by atoms with Crippen LogP contribution >= 0.6 is 0 Å². The third-order valence-corrected chi connectivity index (χ3v) is 5.76. The lowest BCUT2D eigenvalue weighted by atomic mass is 10.0. The topological polar surface area (TPSA) is 75.8 Å². The summed E-state index contributed by atoms with van der Waals surface area (Å²) in [5, 5.41) is 0. The Bertz CT molecular complexity index is 687. The predicted molar refractivity (Wildman–Crippen MR) is 85.0 cm³/mol. The number of hydrogen-bond donors (Lipinski definition) is 1. The molecule has 1 saturated heterocycles. The van der Waals surface area contributed by atoms with Crippen molar-refractivity contribution in [2.24, 2.45) is 10.1 Å². The zero-order valence-corrected chi connectivity index (χ0v) is 13.9. The lowest BCUT2D eigenvalue weighted by Crippen LogP contribution is -2.35. The van der Waals surface area contributed by atoms with Crippen molar-refractivity contribution in [1.82, 2.24) is 4.90 Å². The van der Waals surface area contributed by atoms with Gasteiger partial charge in [-0.2, -0.15) is 8.42 Å². The largest absolute Gasteiger partial charge is 0.369 e. The van der Waals surface area contributed by atoms with E-state index in [9.17, 15) is 8.42 Å². The van der Waals surface area contributed by atoms with Crippen molar-refractivity contribution in [3.8, 4) is 0 Å². The van der Waals surface area contributed by atoms with E-state index in [1.807, 2.05) is 31.7 Å². The maximum absolute atomic E-state index is 12.6. The summed E-state index contributed by atoms with van der Waals surface area (Å²) in [6.45, 7) is 9.08. The van der Waals surface area contributed by atoms with Gasteiger partial charge in [-0.3, -0.25) is 0 Å². The van der Waals surface area contributed by atoms with Crippen LogP contribution in [0.25, 0.3) is 0 Å². The summed E-state index contributed by atoms with van der Waals surface area (Å²) < 4.78 is 29.1. The summed E-state index contributed by atoms with van der Waals surface area (Å²) in [6, 6.07) is 1.89. The van der Waals surface area contributed by atoms with Gasteiger partial charge in [0, 0.05) is 13.1 Å². The van der Waals surface area contributed by atoms with Crippen molar-refractivity contribution < 1.29 is 8.42 Å². The molecule has 5 nitrogen and oxygen atoms in total. The van der Waals surface area contributed by atoms with Gasteiger partial charge in [0.15, 0.2) is 0 Å². The molecule has 0 bridgehead atoms. The van der Waals surface area contributed by atoms with Crippen LogP contribution in [0.4, 0.5) is 0 Å². The van der Waals surface area contributed by atoms with Gasteiger partial charge in [0.25, 0.3) is 10.0 Å². The fraction of sp³-hybridized carbons (Fsp3) is 0.533. The summed E-state index contributed by atoms with van der Waals surface area (Å²) in [6.07, 6.45) is 2.05. The molecule has 21 heavy (non-hydrogen) atoms. The highest BCUT2D eigenvalue weighted by Crippen LogP contribution is 2.27. The molecule has 1 fully saturated rings. The molecule has 0 aromatic heterocycles. The Labute approximate surface area is 126 Å². The first-order chi connectivity index (χ1) is 9.74.